The Kier molecular flexibility index (Phi) is 4.12. The highest BCUT2D eigenvalue weighted by Gasteiger charge is 2.27. The maximum atomic E-state index is 12.3. The van der Waals surface area contributed by atoms with Gasteiger partial charge >= 0.3 is 0 Å². The normalized spacial score (nSPS) is 14.7. The summed E-state index contributed by atoms with van der Waals surface area (Å²) in [7, 11) is 0. The van der Waals surface area contributed by atoms with Crippen LogP contribution in [0.3, 0.4) is 0 Å². The van der Waals surface area contributed by atoms with Crippen molar-refractivity contribution in [3.63, 3.8) is 0 Å². The van der Waals surface area contributed by atoms with Crippen LogP contribution < -0.4 is 10.6 Å². The lowest BCUT2D eigenvalue weighted by Gasteiger charge is -2.31. The summed E-state index contributed by atoms with van der Waals surface area (Å²) in [5.74, 6) is 0.751. The molecule has 1 aromatic heterocycles. The Labute approximate surface area is 114 Å². The fraction of sp³-hybridized carbons (Fsp3) is 0.714. The quantitative estimate of drug-likeness (QED) is 0.858. The van der Waals surface area contributed by atoms with Crippen LogP contribution >= 0.6 is 0 Å². The number of aromatic nitrogens is 2. The molecule has 0 unspecified atom stereocenters. The van der Waals surface area contributed by atoms with Gasteiger partial charge in [0.1, 0.15) is 5.69 Å². The number of nitrogens with one attached hydrogen (secondary N) is 2. The number of aryl methyl sites for hydroxylation is 1. The van der Waals surface area contributed by atoms with E-state index in [0.717, 1.165) is 44.7 Å². The number of carbonyl (C=O) groups is 1. The molecule has 19 heavy (non-hydrogen) atoms. The highest BCUT2D eigenvalue weighted by molar-refractivity contribution is 5.93. The van der Waals surface area contributed by atoms with Crippen molar-refractivity contribution >= 4 is 11.9 Å². The largest absolute Gasteiger partial charge is 0.356 e. The first-order valence-corrected chi connectivity index (χ1v) is 7.27. The molecule has 1 aromatic rings. The Morgan fingerprint density at radius 2 is 2.11 bits per heavy atom. The first-order valence-electron chi connectivity index (χ1n) is 7.27. The molecule has 1 aliphatic rings. The van der Waals surface area contributed by atoms with E-state index in [-0.39, 0.29) is 11.4 Å². The number of fused-ring (bicyclic) bond motifs is 1. The van der Waals surface area contributed by atoms with Gasteiger partial charge in [0.25, 0.3) is 5.91 Å². The zero-order valence-electron chi connectivity index (χ0n) is 12.1. The number of hydrogen-bond acceptors (Lipinski definition) is 3. The maximum Gasteiger partial charge on any atom is 0.271 e. The van der Waals surface area contributed by atoms with Crippen LogP contribution in [0.5, 0.6) is 0 Å². The third kappa shape index (κ3) is 2.74. The van der Waals surface area contributed by atoms with Crippen LogP contribution in [0.4, 0.5) is 5.95 Å². The zero-order chi connectivity index (χ0) is 13.9. The van der Waals surface area contributed by atoms with Gasteiger partial charge in [-0.2, -0.15) is 0 Å². The maximum absolute atomic E-state index is 12.3. The summed E-state index contributed by atoms with van der Waals surface area (Å²) in [4.78, 5) is 16.7. The van der Waals surface area contributed by atoms with Crippen LogP contribution in [0.25, 0.3) is 0 Å². The molecule has 0 spiro atoms. The van der Waals surface area contributed by atoms with E-state index in [0.29, 0.717) is 5.69 Å². The molecule has 106 valence electrons. The Morgan fingerprint density at radius 3 is 2.68 bits per heavy atom. The summed E-state index contributed by atoms with van der Waals surface area (Å²) in [6.45, 7) is 8.22. The second-order valence-electron chi connectivity index (χ2n) is 5.22. The van der Waals surface area contributed by atoms with Crippen LogP contribution in [-0.4, -0.2) is 27.5 Å². The van der Waals surface area contributed by atoms with Crippen LogP contribution in [0.2, 0.25) is 0 Å². The molecule has 1 aliphatic heterocycles. The van der Waals surface area contributed by atoms with Gasteiger partial charge in [-0.15, -0.1) is 0 Å². The lowest BCUT2D eigenvalue weighted by molar-refractivity contribution is 0.0883. The van der Waals surface area contributed by atoms with Gasteiger partial charge in [0.05, 0.1) is 0 Å². The smallest absolute Gasteiger partial charge is 0.271 e. The molecule has 0 saturated carbocycles. The van der Waals surface area contributed by atoms with Crippen molar-refractivity contribution in [2.24, 2.45) is 0 Å². The van der Waals surface area contributed by atoms with E-state index in [1.165, 1.54) is 0 Å². The van der Waals surface area contributed by atoms with E-state index in [1.807, 2.05) is 10.8 Å². The summed E-state index contributed by atoms with van der Waals surface area (Å²) in [6, 6.07) is 0. The number of anilines is 1. The van der Waals surface area contributed by atoms with Gasteiger partial charge in [0.15, 0.2) is 0 Å². The van der Waals surface area contributed by atoms with Gasteiger partial charge in [0, 0.05) is 24.8 Å². The van der Waals surface area contributed by atoms with Crippen molar-refractivity contribution in [1.29, 1.82) is 0 Å². The molecule has 1 amide bonds. The summed E-state index contributed by atoms with van der Waals surface area (Å²) in [6.07, 6.45) is 5.75. The SMILES string of the molecule is CCC(CC)(CC)NC(=O)c1cn2c(n1)NCCC2. The molecular formula is C14H24N4O. The van der Waals surface area contributed by atoms with Crippen molar-refractivity contribution in [2.75, 3.05) is 11.9 Å². The lowest BCUT2D eigenvalue weighted by atomic mass is 9.89. The Balaban J connectivity index is 2.13. The van der Waals surface area contributed by atoms with Crippen molar-refractivity contribution in [2.45, 2.75) is 58.5 Å². The predicted octanol–water partition coefficient (Wildman–Crippen LogP) is 2.40. The van der Waals surface area contributed by atoms with E-state index in [4.69, 9.17) is 0 Å². The Morgan fingerprint density at radius 1 is 1.42 bits per heavy atom. The average molecular weight is 264 g/mol. The second kappa shape index (κ2) is 5.63. The number of hydrogen-bond donors (Lipinski definition) is 2. The monoisotopic (exact) mass is 264 g/mol. The molecule has 2 rings (SSSR count). The van der Waals surface area contributed by atoms with Gasteiger partial charge in [-0.1, -0.05) is 20.8 Å². The number of nitrogens with zero attached hydrogens (tertiary/aromatic N) is 2. The van der Waals surface area contributed by atoms with Gasteiger partial charge in [0.2, 0.25) is 5.95 Å². The molecule has 0 atom stereocenters. The minimum Gasteiger partial charge on any atom is -0.356 e. The number of rotatable bonds is 5. The molecule has 5 heteroatoms. The molecular weight excluding hydrogens is 240 g/mol. The van der Waals surface area contributed by atoms with E-state index in [1.54, 1.807) is 0 Å². The highest BCUT2D eigenvalue weighted by atomic mass is 16.2. The molecule has 0 aliphatic carbocycles. The summed E-state index contributed by atoms with van der Waals surface area (Å²) in [5.41, 5.74) is 0.415. The van der Waals surface area contributed by atoms with Gasteiger partial charge < -0.3 is 15.2 Å². The molecule has 0 saturated heterocycles. The first kappa shape index (κ1) is 13.9. The Bertz CT molecular complexity index is 417. The van der Waals surface area contributed by atoms with Crippen molar-refractivity contribution in [1.82, 2.24) is 14.9 Å². The van der Waals surface area contributed by atoms with Crippen molar-refractivity contribution < 1.29 is 4.79 Å². The zero-order valence-corrected chi connectivity index (χ0v) is 12.1. The fourth-order valence-corrected chi connectivity index (χ4v) is 2.61. The standard InChI is InChI=1S/C14H24N4O/c1-4-14(5-2,6-3)17-12(19)11-10-18-9-7-8-15-13(18)16-11/h10H,4-9H2,1-3H3,(H,15,16)(H,17,19). The molecule has 2 N–H and O–H groups in total. The first-order chi connectivity index (χ1) is 9.14. The lowest BCUT2D eigenvalue weighted by Crippen LogP contribution is -2.47. The van der Waals surface area contributed by atoms with Crippen LogP contribution in [-0.2, 0) is 6.54 Å². The molecule has 5 nitrogen and oxygen atoms in total. The molecule has 0 radical (unpaired) electrons. The van der Waals surface area contributed by atoms with Crippen LogP contribution in [0.1, 0.15) is 56.9 Å². The van der Waals surface area contributed by atoms with Gasteiger partial charge in [-0.25, -0.2) is 4.98 Å². The minimum atomic E-state index is -0.103. The third-order valence-corrected chi connectivity index (χ3v) is 4.28. The Hall–Kier alpha value is -1.52. The molecule has 0 bridgehead atoms. The van der Waals surface area contributed by atoms with E-state index in [9.17, 15) is 4.79 Å². The average Bonchev–Trinajstić information content (AvgIpc) is 2.89. The molecule has 0 aromatic carbocycles. The topological polar surface area (TPSA) is 59.0 Å². The summed E-state index contributed by atoms with van der Waals surface area (Å²) < 4.78 is 2.02. The van der Waals surface area contributed by atoms with Gasteiger partial charge in [-0.3, -0.25) is 4.79 Å². The van der Waals surface area contributed by atoms with Crippen LogP contribution in [0.15, 0.2) is 6.20 Å². The number of amides is 1. The minimum absolute atomic E-state index is 0.0609. The highest BCUT2D eigenvalue weighted by Crippen LogP contribution is 2.21. The van der Waals surface area contributed by atoms with E-state index in [2.05, 4.69) is 36.4 Å². The predicted molar refractivity (Wildman–Crippen MR) is 76.4 cm³/mol. The molecule has 0 fully saturated rings. The van der Waals surface area contributed by atoms with Crippen molar-refractivity contribution in [3.8, 4) is 0 Å². The number of carbonyl (C=O) groups excluding carboxylic acids is 1. The molecule has 2 heterocycles. The van der Waals surface area contributed by atoms with E-state index >= 15 is 0 Å². The number of imidazole rings is 1. The van der Waals surface area contributed by atoms with Crippen LogP contribution in [0, 0.1) is 0 Å². The second-order valence-corrected chi connectivity index (χ2v) is 5.22. The van der Waals surface area contributed by atoms with E-state index < -0.39 is 0 Å². The fourth-order valence-electron chi connectivity index (χ4n) is 2.61. The summed E-state index contributed by atoms with van der Waals surface area (Å²) in [5, 5.41) is 6.38. The third-order valence-electron chi connectivity index (χ3n) is 4.28. The summed E-state index contributed by atoms with van der Waals surface area (Å²) >= 11 is 0. The van der Waals surface area contributed by atoms with Crippen molar-refractivity contribution in [3.05, 3.63) is 11.9 Å². The van der Waals surface area contributed by atoms with Gasteiger partial charge in [-0.05, 0) is 25.7 Å².